The maximum absolute atomic E-state index is 11.8. The van der Waals surface area contributed by atoms with E-state index in [-0.39, 0.29) is 36.0 Å². The van der Waals surface area contributed by atoms with E-state index in [4.69, 9.17) is 5.73 Å². The molecule has 1 aliphatic carbocycles. The van der Waals surface area contributed by atoms with Gasteiger partial charge in [-0.25, -0.2) is 8.42 Å². The Balaban J connectivity index is 0.00000324. The minimum Gasteiger partial charge on any atom is -0.355 e. The molecule has 0 bridgehead atoms. The van der Waals surface area contributed by atoms with E-state index in [2.05, 4.69) is 5.32 Å². The van der Waals surface area contributed by atoms with Gasteiger partial charge in [-0.05, 0) is 24.8 Å². The Morgan fingerprint density at radius 1 is 1.26 bits per heavy atom. The molecule has 0 aliphatic heterocycles. The summed E-state index contributed by atoms with van der Waals surface area (Å²) in [5.41, 5.74) is 5.75. The van der Waals surface area contributed by atoms with Gasteiger partial charge in [0.2, 0.25) is 5.91 Å². The van der Waals surface area contributed by atoms with Gasteiger partial charge in [-0.1, -0.05) is 19.3 Å². The van der Waals surface area contributed by atoms with Crippen LogP contribution in [0.1, 0.15) is 38.5 Å². The second-order valence-electron chi connectivity index (χ2n) is 5.42. The SMILES string of the molecule is CS(=O)(=O)CCNC(=O)CC1(CN)CCCCC1.Cl. The van der Waals surface area contributed by atoms with Crippen LogP contribution >= 0.6 is 12.4 Å². The third kappa shape index (κ3) is 7.13. The third-order valence-electron chi connectivity index (χ3n) is 3.68. The van der Waals surface area contributed by atoms with Crippen molar-refractivity contribution in [2.24, 2.45) is 11.1 Å². The lowest BCUT2D eigenvalue weighted by molar-refractivity contribution is -0.123. The molecule has 114 valence electrons. The molecule has 0 atom stereocenters. The molecular weight excluding hydrogens is 288 g/mol. The molecule has 5 nitrogen and oxygen atoms in total. The molecule has 0 spiro atoms. The number of sulfone groups is 1. The Kier molecular flexibility index (Phi) is 7.93. The van der Waals surface area contributed by atoms with E-state index < -0.39 is 9.84 Å². The lowest BCUT2D eigenvalue weighted by Gasteiger charge is -2.35. The molecule has 1 aliphatic rings. The fourth-order valence-electron chi connectivity index (χ4n) is 2.53. The number of hydrogen-bond acceptors (Lipinski definition) is 4. The van der Waals surface area contributed by atoms with Crippen LogP contribution in [0.3, 0.4) is 0 Å². The summed E-state index contributed by atoms with van der Waals surface area (Å²) >= 11 is 0. The molecule has 1 rings (SSSR count). The lowest BCUT2D eigenvalue weighted by Crippen LogP contribution is -2.39. The molecule has 1 amide bonds. The van der Waals surface area contributed by atoms with Gasteiger partial charge in [0, 0.05) is 19.2 Å². The van der Waals surface area contributed by atoms with Gasteiger partial charge in [-0.15, -0.1) is 12.4 Å². The summed E-state index contributed by atoms with van der Waals surface area (Å²) in [6.45, 7) is 0.727. The molecule has 0 aromatic heterocycles. The Labute approximate surface area is 122 Å². The highest BCUT2D eigenvalue weighted by Crippen LogP contribution is 2.38. The molecule has 1 saturated carbocycles. The van der Waals surface area contributed by atoms with E-state index in [9.17, 15) is 13.2 Å². The van der Waals surface area contributed by atoms with Crippen LogP contribution in [-0.2, 0) is 14.6 Å². The molecule has 19 heavy (non-hydrogen) atoms. The lowest BCUT2D eigenvalue weighted by atomic mass is 9.72. The minimum absolute atomic E-state index is 0. The van der Waals surface area contributed by atoms with Gasteiger partial charge < -0.3 is 11.1 Å². The monoisotopic (exact) mass is 312 g/mol. The number of halogens is 1. The van der Waals surface area contributed by atoms with Crippen LogP contribution in [0.2, 0.25) is 0 Å². The average molecular weight is 313 g/mol. The normalized spacial score (nSPS) is 18.4. The van der Waals surface area contributed by atoms with Gasteiger partial charge >= 0.3 is 0 Å². The second kappa shape index (κ2) is 8.07. The highest BCUT2D eigenvalue weighted by Gasteiger charge is 2.32. The van der Waals surface area contributed by atoms with Crippen molar-refractivity contribution < 1.29 is 13.2 Å². The maximum Gasteiger partial charge on any atom is 0.220 e. The number of nitrogens with one attached hydrogen (secondary N) is 1. The highest BCUT2D eigenvalue weighted by molar-refractivity contribution is 7.90. The Morgan fingerprint density at radius 2 is 1.84 bits per heavy atom. The van der Waals surface area contributed by atoms with E-state index >= 15 is 0 Å². The Bertz CT molecular complexity index is 378. The zero-order valence-electron chi connectivity index (χ0n) is 11.5. The summed E-state index contributed by atoms with van der Waals surface area (Å²) in [7, 11) is -3.01. The summed E-state index contributed by atoms with van der Waals surface area (Å²) < 4.78 is 21.9. The molecule has 0 aromatic rings. The molecular formula is C12H25ClN2O3S. The first-order valence-corrected chi connectivity index (χ1v) is 8.57. The fourth-order valence-corrected chi connectivity index (χ4v) is 3.01. The summed E-state index contributed by atoms with van der Waals surface area (Å²) in [6.07, 6.45) is 7.08. The van der Waals surface area contributed by atoms with Gasteiger partial charge in [0.25, 0.3) is 0 Å². The van der Waals surface area contributed by atoms with Gasteiger partial charge in [0.15, 0.2) is 0 Å². The van der Waals surface area contributed by atoms with E-state index in [0.717, 1.165) is 25.7 Å². The number of carbonyl (C=O) groups is 1. The Hall–Kier alpha value is -0.330. The number of amides is 1. The molecule has 1 fully saturated rings. The van der Waals surface area contributed by atoms with Crippen molar-refractivity contribution >= 4 is 28.2 Å². The second-order valence-corrected chi connectivity index (χ2v) is 7.68. The van der Waals surface area contributed by atoms with Gasteiger partial charge in [0.1, 0.15) is 9.84 Å². The molecule has 7 heteroatoms. The molecule has 0 saturated heterocycles. The summed E-state index contributed by atoms with van der Waals surface area (Å²) in [5, 5.41) is 2.67. The molecule has 0 heterocycles. The quantitative estimate of drug-likeness (QED) is 0.761. The minimum atomic E-state index is -3.01. The van der Waals surface area contributed by atoms with Crippen molar-refractivity contribution in [1.82, 2.24) is 5.32 Å². The molecule has 0 radical (unpaired) electrons. The topological polar surface area (TPSA) is 89.3 Å². The van der Waals surface area contributed by atoms with Crippen LogP contribution in [-0.4, -0.2) is 39.4 Å². The zero-order chi connectivity index (χ0) is 13.6. The largest absolute Gasteiger partial charge is 0.355 e. The van der Waals surface area contributed by atoms with Crippen LogP contribution < -0.4 is 11.1 Å². The van der Waals surface area contributed by atoms with Gasteiger partial charge in [-0.3, -0.25) is 4.79 Å². The first kappa shape index (κ1) is 18.7. The third-order valence-corrected chi connectivity index (χ3v) is 4.62. The smallest absolute Gasteiger partial charge is 0.220 e. The van der Waals surface area contributed by atoms with E-state index in [1.54, 1.807) is 0 Å². The Morgan fingerprint density at radius 3 is 2.32 bits per heavy atom. The predicted octanol–water partition coefficient (Wildman–Crippen LogP) is 0.868. The maximum atomic E-state index is 11.8. The first-order chi connectivity index (χ1) is 8.37. The summed E-state index contributed by atoms with van der Waals surface area (Å²) in [6, 6.07) is 0. The van der Waals surface area contributed by atoms with Gasteiger partial charge in [-0.2, -0.15) is 0 Å². The van der Waals surface area contributed by atoms with Crippen molar-refractivity contribution in [3.8, 4) is 0 Å². The van der Waals surface area contributed by atoms with Crippen LogP contribution in [0.15, 0.2) is 0 Å². The van der Waals surface area contributed by atoms with Crippen molar-refractivity contribution in [3.05, 3.63) is 0 Å². The number of hydrogen-bond donors (Lipinski definition) is 2. The van der Waals surface area contributed by atoms with Crippen molar-refractivity contribution in [1.29, 1.82) is 0 Å². The number of nitrogens with two attached hydrogens (primary N) is 1. The predicted molar refractivity (Wildman–Crippen MR) is 79.2 cm³/mol. The summed E-state index contributed by atoms with van der Waals surface area (Å²) in [5.74, 6) is -0.0834. The first-order valence-electron chi connectivity index (χ1n) is 6.51. The average Bonchev–Trinajstić information content (AvgIpc) is 2.28. The summed E-state index contributed by atoms with van der Waals surface area (Å²) in [4.78, 5) is 11.8. The zero-order valence-corrected chi connectivity index (χ0v) is 13.1. The van der Waals surface area contributed by atoms with Crippen LogP contribution in [0, 0.1) is 5.41 Å². The standard InChI is InChI=1S/C12H24N2O3S.ClH/c1-18(16,17)8-7-14-11(15)9-12(10-13)5-3-2-4-6-12;/h2-10,13H2,1H3,(H,14,15);1H. The number of carbonyl (C=O) groups excluding carboxylic acids is 1. The van der Waals surface area contributed by atoms with Crippen molar-refractivity contribution in [2.75, 3.05) is 25.1 Å². The highest BCUT2D eigenvalue weighted by atomic mass is 35.5. The van der Waals surface area contributed by atoms with Crippen LogP contribution in [0.25, 0.3) is 0 Å². The fraction of sp³-hybridized carbons (Fsp3) is 0.917. The van der Waals surface area contributed by atoms with Crippen LogP contribution in [0.5, 0.6) is 0 Å². The van der Waals surface area contributed by atoms with Crippen molar-refractivity contribution in [2.45, 2.75) is 38.5 Å². The molecule has 3 N–H and O–H groups in total. The van der Waals surface area contributed by atoms with E-state index in [1.165, 1.54) is 12.7 Å². The van der Waals surface area contributed by atoms with Gasteiger partial charge in [0.05, 0.1) is 5.75 Å². The number of rotatable bonds is 6. The van der Waals surface area contributed by atoms with E-state index in [0.29, 0.717) is 13.0 Å². The van der Waals surface area contributed by atoms with E-state index in [1.807, 2.05) is 0 Å². The molecule has 0 aromatic carbocycles. The molecule has 0 unspecified atom stereocenters. The van der Waals surface area contributed by atoms with Crippen LogP contribution in [0.4, 0.5) is 0 Å². The van der Waals surface area contributed by atoms with Crippen molar-refractivity contribution in [3.63, 3.8) is 0 Å².